The van der Waals surface area contributed by atoms with Crippen LogP contribution in [0.15, 0.2) is 42.5 Å². The van der Waals surface area contributed by atoms with Crippen LogP contribution in [-0.2, 0) is 4.79 Å². The van der Waals surface area contributed by atoms with E-state index in [4.69, 9.17) is 4.74 Å². The smallest absolute Gasteiger partial charge is 0.269 e. The molecule has 0 saturated carbocycles. The third-order valence-corrected chi connectivity index (χ3v) is 3.11. The van der Waals surface area contributed by atoms with Gasteiger partial charge in [0, 0.05) is 30.0 Å². The van der Waals surface area contributed by atoms with Crippen molar-refractivity contribution >= 4 is 23.0 Å². The van der Waals surface area contributed by atoms with Gasteiger partial charge in [-0.05, 0) is 30.7 Å². The molecule has 24 heavy (non-hydrogen) atoms. The van der Waals surface area contributed by atoms with E-state index in [-0.39, 0.29) is 18.0 Å². The van der Waals surface area contributed by atoms with E-state index in [1.165, 1.54) is 42.5 Å². The van der Waals surface area contributed by atoms with Crippen LogP contribution in [0.5, 0.6) is 5.75 Å². The predicted molar refractivity (Wildman–Crippen MR) is 85.1 cm³/mol. The Morgan fingerprint density at radius 3 is 2.17 bits per heavy atom. The Morgan fingerprint density at radius 2 is 1.62 bits per heavy atom. The fraction of sp³-hybridized carbons (Fsp3) is 0.133. The normalized spacial score (nSPS) is 10.0. The first-order valence-electron chi connectivity index (χ1n) is 6.79. The van der Waals surface area contributed by atoms with Gasteiger partial charge in [0.05, 0.1) is 9.85 Å². The van der Waals surface area contributed by atoms with Gasteiger partial charge in [-0.15, -0.1) is 0 Å². The van der Waals surface area contributed by atoms with Crippen molar-refractivity contribution in [2.45, 2.75) is 6.92 Å². The second kappa shape index (κ2) is 7.18. The molecule has 0 aliphatic carbocycles. The van der Waals surface area contributed by atoms with Crippen LogP contribution in [0.3, 0.4) is 0 Å². The summed E-state index contributed by atoms with van der Waals surface area (Å²) in [6.45, 7) is 1.34. The number of nitro benzene ring substituents is 2. The van der Waals surface area contributed by atoms with E-state index in [1.807, 2.05) is 0 Å². The minimum Gasteiger partial charge on any atom is -0.484 e. The standard InChI is InChI=1S/C15H13N3O6/c1-10-8-12(18(22)23)4-7-14(10)16-15(19)9-24-13-5-2-11(3-6-13)17(20)21/h2-8H,9H2,1H3,(H,16,19). The summed E-state index contributed by atoms with van der Waals surface area (Å²) in [6, 6.07) is 9.41. The molecule has 0 fully saturated rings. The lowest BCUT2D eigenvalue weighted by Crippen LogP contribution is -2.20. The van der Waals surface area contributed by atoms with E-state index in [2.05, 4.69) is 5.32 Å². The number of carbonyl (C=O) groups excluding carboxylic acids is 1. The maximum absolute atomic E-state index is 11.9. The molecule has 0 unspecified atom stereocenters. The van der Waals surface area contributed by atoms with Gasteiger partial charge in [0.1, 0.15) is 5.75 Å². The molecule has 0 heterocycles. The first-order chi connectivity index (χ1) is 11.4. The number of amides is 1. The third kappa shape index (κ3) is 4.26. The Labute approximate surface area is 136 Å². The van der Waals surface area contributed by atoms with E-state index < -0.39 is 15.8 Å². The van der Waals surface area contributed by atoms with Crippen LogP contribution in [0, 0.1) is 27.2 Å². The highest BCUT2D eigenvalue weighted by Gasteiger charge is 2.11. The number of anilines is 1. The number of hydrogen-bond acceptors (Lipinski definition) is 6. The quantitative estimate of drug-likeness (QED) is 0.641. The summed E-state index contributed by atoms with van der Waals surface area (Å²) in [4.78, 5) is 32.0. The monoisotopic (exact) mass is 331 g/mol. The van der Waals surface area contributed by atoms with Crippen LogP contribution < -0.4 is 10.1 Å². The van der Waals surface area contributed by atoms with Crippen molar-refractivity contribution in [3.8, 4) is 5.75 Å². The second-order valence-corrected chi connectivity index (χ2v) is 4.84. The number of benzene rings is 2. The maximum Gasteiger partial charge on any atom is 0.269 e. The summed E-state index contributed by atoms with van der Waals surface area (Å²) in [6.07, 6.45) is 0. The van der Waals surface area contributed by atoms with Gasteiger partial charge in [-0.1, -0.05) is 0 Å². The van der Waals surface area contributed by atoms with E-state index in [0.717, 1.165) is 0 Å². The Bertz CT molecular complexity index is 788. The molecular formula is C15H13N3O6. The molecule has 0 saturated heterocycles. The molecule has 0 radical (unpaired) electrons. The molecule has 0 aliphatic rings. The SMILES string of the molecule is Cc1cc([N+](=O)[O-])ccc1NC(=O)COc1ccc([N+](=O)[O-])cc1. The zero-order valence-corrected chi connectivity index (χ0v) is 12.6. The number of aryl methyl sites for hydroxylation is 1. The summed E-state index contributed by atoms with van der Waals surface area (Å²) in [5.74, 6) is -0.138. The lowest BCUT2D eigenvalue weighted by atomic mass is 10.2. The summed E-state index contributed by atoms with van der Waals surface area (Å²) in [5, 5.41) is 23.8. The lowest BCUT2D eigenvalue weighted by Gasteiger charge is -2.09. The molecule has 2 rings (SSSR count). The Balaban J connectivity index is 1.93. The predicted octanol–water partition coefficient (Wildman–Crippen LogP) is 2.83. The number of rotatable bonds is 6. The summed E-state index contributed by atoms with van der Waals surface area (Å²) >= 11 is 0. The van der Waals surface area contributed by atoms with Gasteiger partial charge in [-0.25, -0.2) is 0 Å². The van der Waals surface area contributed by atoms with Gasteiger partial charge in [0.15, 0.2) is 6.61 Å². The summed E-state index contributed by atoms with van der Waals surface area (Å²) < 4.78 is 5.23. The van der Waals surface area contributed by atoms with Crippen molar-refractivity contribution in [3.63, 3.8) is 0 Å². The first kappa shape index (κ1) is 16.9. The van der Waals surface area contributed by atoms with Gasteiger partial charge in [-0.3, -0.25) is 25.0 Å². The molecule has 0 spiro atoms. The number of ether oxygens (including phenoxy) is 1. The van der Waals surface area contributed by atoms with Crippen molar-refractivity contribution in [1.29, 1.82) is 0 Å². The largest absolute Gasteiger partial charge is 0.484 e. The Morgan fingerprint density at radius 1 is 1.04 bits per heavy atom. The van der Waals surface area contributed by atoms with E-state index in [1.54, 1.807) is 6.92 Å². The van der Waals surface area contributed by atoms with E-state index in [9.17, 15) is 25.0 Å². The highest BCUT2D eigenvalue weighted by molar-refractivity contribution is 5.92. The van der Waals surface area contributed by atoms with E-state index >= 15 is 0 Å². The minimum absolute atomic E-state index is 0.0624. The number of nitrogens with zero attached hydrogens (tertiary/aromatic N) is 2. The molecular weight excluding hydrogens is 318 g/mol. The number of nitro groups is 2. The number of carbonyl (C=O) groups is 1. The van der Waals surface area contributed by atoms with Crippen LogP contribution in [0.1, 0.15) is 5.56 Å². The highest BCUT2D eigenvalue weighted by Crippen LogP contribution is 2.21. The molecule has 2 aromatic rings. The third-order valence-electron chi connectivity index (χ3n) is 3.11. The molecule has 0 atom stereocenters. The van der Waals surface area contributed by atoms with Gasteiger partial charge in [0.2, 0.25) is 0 Å². The van der Waals surface area contributed by atoms with Crippen LogP contribution in [0.2, 0.25) is 0 Å². The second-order valence-electron chi connectivity index (χ2n) is 4.84. The molecule has 0 aromatic heterocycles. The Kier molecular flexibility index (Phi) is 5.05. The van der Waals surface area contributed by atoms with Crippen molar-refractivity contribution < 1.29 is 19.4 Å². The molecule has 9 nitrogen and oxygen atoms in total. The van der Waals surface area contributed by atoms with Crippen LogP contribution >= 0.6 is 0 Å². The van der Waals surface area contributed by atoms with Gasteiger partial charge < -0.3 is 10.1 Å². The average molecular weight is 331 g/mol. The Hall–Kier alpha value is -3.49. The molecule has 1 amide bonds. The zero-order valence-electron chi connectivity index (χ0n) is 12.6. The van der Waals surface area contributed by atoms with Crippen molar-refractivity contribution in [2.24, 2.45) is 0 Å². The summed E-state index contributed by atoms with van der Waals surface area (Å²) in [7, 11) is 0. The molecule has 0 bridgehead atoms. The van der Waals surface area contributed by atoms with Crippen molar-refractivity contribution in [2.75, 3.05) is 11.9 Å². The van der Waals surface area contributed by atoms with Crippen LogP contribution in [0.25, 0.3) is 0 Å². The molecule has 0 aliphatic heterocycles. The number of hydrogen-bond donors (Lipinski definition) is 1. The molecule has 1 N–H and O–H groups in total. The molecule has 9 heteroatoms. The molecule has 124 valence electrons. The topological polar surface area (TPSA) is 125 Å². The van der Waals surface area contributed by atoms with Gasteiger partial charge >= 0.3 is 0 Å². The van der Waals surface area contributed by atoms with E-state index in [0.29, 0.717) is 17.0 Å². The number of non-ortho nitro benzene ring substituents is 2. The lowest BCUT2D eigenvalue weighted by molar-refractivity contribution is -0.385. The van der Waals surface area contributed by atoms with Crippen molar-refractivity contribution in [3.05, 3.63) is 68.3 Å². The van der Waals surface area contributed by atoms with Gasteiger partial charge in [-0.2, -0.15) is 0 Å². The highest BCUT2D eigenvalue weighted by atomic mass is 16.6. The minimum atomic E-state index is -0.534. The average Bonchev–Trinajstić information content (AvgIpc) is 2.55. The molecule has 2 aromatic carbocycles. The van der Waals surface area contributed by atoms with Crippen LogP contribution in [0.4, 0.5) is 17.1 Å². The maximum atomic E-state index is 11.9. The van der Waals surface area contributed by atoms with Crippen molar-refractivity contribution in [1.82, 2.24) is 0 Å². The van der Waals surface area contributed by atoms with Gasteiger partial charge in [0.25, 0.3) is 17.3 Å². The fourth-order valence-corrected chi connectivity index (χ4v) is 1.90. The first-order valence-corrected chi connectivity index (χ1v) is 6.79. The van der Waals surface area contributed by atoms with Crippen LogP contribution in [-0.4, -0.2) is 22.4 Å². The number of nitrogens with one attached hydrogen (secondary N) is 1. The zero-order chi connectivity index (χ0) is 17.7. The fourth-order valence-electron chi connectivity index (χ4n) is 1.90. The summed E-state index contributed by atoms with van der Waals surface area (Å²) in [5.41, 5.74) is 0.853.